The third kappa shape index (κ3) is 3.28. The van der Waals surface area contributed by atoms with E-state index < -0.39 is 23.5 Å². The summed E-state index contributed by atoms with van der Waals surface area (Å²) in [4.78, 5) is 0. The molecule has 0 spiro atoms. The molecular weight excluding hydrogens is 275 g/mol. The number of nitrogens with two attached hydrogens (primary N) is 1. The Labute approximate surface area is 113 Å². The van der Waals surface area contributed by atoms with E-state index in [1.807, 2.05) is 0 Å². The van der Waals surface area contributed by atoms with Crippen LogP contribution in [0.25, 0.3) is 0 Å². The first kappa shape index (κ1) is 13.9. The van der Waals surface area contributed by atoms with Crippen molar-refractivity contribution in [2.24, 2.45) is 5.73 Å². The van der Waals surface area contributed by atoms with Gasteiger partial charge in [-0.25, -0.2) is 13.2 Å². The summed E-state index contributed by atoms with van der Waals surface area (Å²) >= 11 is 5.64. The van der Waals surface area contributed by atoms with Crippen LogP contribution in [0.15, 0.2) is 36.4 Å². The van der Waals surface area contributed by atoms with E-state index in [9.17, 15) is 13.2 Å². The fourth-order valence-corrected chi connectivity index (χ4v) is 2.00. The van der Waals surface area contributed by atoms with Crippen LogP contribution >= 0.6 is 11.6 Å². The normalized spacial score (nSPS) is 12.5. The maximum atomic E-state index is 13.6. The van der Waals surface area contributed by atoms with E-state index in [-0.39, 0.29) is 17.0 Å². The van der Waals surface area contributed by atoms with E-state index >= 15 is 0 Å². The van der Waals surface area contributed by atoms with Gasteiger partial charge in [-0.05, 0) is 30.2 Å². The average Bonchev–Trinajstić information content (AvgIpc) is 2.32. The highest BCUT2D eigenvalue weighted by molar-refractivity contribution is 6.30. The molecule has 2 aromatic carbocycles. The molecule has 0 saturated carbocycles. The van der Waals surface area contributed by atoms with Crippen LogP contribution in [0, 0.1) is 17.5 Å². The Bertz CT molecular complexity index is 601. The van der Waals surface area contributed by atoms with Gasteiger partial charge >= 0.3 is 0 Å². The largest absolute Gasteiger partial charge is 0.324 e. The molecule has 0 aliphatic carbocycles. The van der Waals surface area contributed by atoms with Crippen LogP contribution in [0.5, 0.6) is 0 Å². The summed E-state index contributed by atoms with van der Waals surface area (Å²) in [5, 5.41) is 0.280. The lowest BCUT2D eigenvalue weighted by molar-refractivity contribution is 0.546. The Morgan fingerprint density at radius 2 is 1.74 bits per heavy atom. The molecule has 5 heteroatoms. The zero-order valence-corrected chi connectivity index (χ0v) is 10.6. The van der Waals surface area contributed by atoms with Crippen LogP contribution in [0.1, 0.15) is 17.2 Å². The molecule has 100 valence electrons. The summed E-state index contributed by atoms with van der Waals surface area (Å²) in [5.41, 5.74) is 6.31. The molecular formula is C14H11ClF3N. The standard InChI is InChI=1S/C14H11ClF3N/c15-9-2-1-8(12(17)6-9)5-14(19)11-4-3-10(16)7-13(11)18/h1-4,6-7,14H,5,19H2. The van der Waals surface area contributed by atoms with Crippen molar-refractivity contribution < 1.29 is 13.2 Å². The molecule has 2 rings (SSSR count). The minimum Gasteiger partial charge on any atom is -0.324 e. The predicted octanol–water partition coefficient (Wildman–Crippen LogP) is 4.00. The molecule has 2 N–H and O–H groups in total. The van der Waals surface area contributed by atoms with Crippen molar-refractivity contribution in [1.82, 2.24) is 0 Å². The molecule has 2 aromatic rings. The van der Waals surface area contributed by atoms with Crippen molar-refractivity contribution >= 4 is 11.6 Å². The average molecular weight is 286 g/mol. The van der Waals surface area contributed by atoms with Crippen LogP contribution < -0.4 is 5.73 Å². The third-order valence-electron chi connectivity index (χ3n) is 2.82. The Hall–Kier alpha value is -1.52. The van der Waals surface area contributed by atoms with E-state index in [4.69, 9.17) is 17.3 Å². The lowest BCUT2D eigenvalue weighted by atomic mass is 9.99. The van der Waals surface area contributed by atoms with Gasteiger partial charge in [0.2, 0.25) is 0 Å². The molecule has 0 aromatic heterocycles. The minimum absolute atomic E-state index is 0.103. The molecule has 19 heavy (non-hydrogen) atoms. The maximum absolute atomic E-state index is 13.6. The van der Waals surface area contributed by atoms with E-state index in [1.165, 1.54) is 24.3 Å². The van der Waals surface area contributed by atoms with Gasteiger partial charge in [0.25, 0.3) is 0 Å². The van der Waals surface area contributed by atoms with E-state index in [1.54, 1.807) is 0 Å². The van der Waals surface area contributed by atoms with Crippen LogP contribution in [0.3, 0.4) is 0 Å². The Morgan fingerprint density at radius 3 is 2.37 bits per heavy atom. The van der Waals surface area contributed by atoms with Crippen molar-refractivity contribution in [3.05, 3.63) is 70.0 Å². The number of hydrogen-bond acceptors (Lipinski definition) is 1. The number of halogens is 4. The molecule has 0 bridgehead atoms. The molecule has 0 aliphatic rings. The predicted molar refractivity (Wildman–Crippen MR) is 68.4 cm³/mol. The molecule has 1 unspecified atom stereocenters. The van der Waals surface area contributed by atoms with Gasteiger partial charge < -0.3 is 5.73 Å². The summed E-state index contributed by atoms with van der Waals surface area (Å²) in [5.74, 6) is -1.90. The molecule has 0 heterocycles. The second kappa shape index (κ2) is 5.63. The van der Waals surface area contributed by atoms with Crippen LogP contribution in [0.2, 0.25) is 5.02 Å². The highest BCUT2D eigenvalue weighted by Gasteiger charge is 2.15. The van der Waals surface area contributed by atoms with E-state index in [0.29, 0.717) is 5.56 Å². The van der Waals surface area contributed by atoms with Crippen LogP contribution in [0.4, 0.5) is 13.2 Å². The van der Waals surface area contributed by atoms with Gasteiger partial charge in [-0.1, -0.05) is 23.7 Å². The molecule has 0 radical (unpaired) electrons. The smallest absolute Gasteiger partial charge is 0.130 e. The fraction of sp³-hybridized carbons (Fsp3) is 0.143. The minimum atomic E-state index is -0.753. The summed E-state index contributed by atoms with van der Waals surface area (Å²) in [6.45, 7) is 0. The van der Waals surface area contributed by atoms with Crippen molar-refractivity contribution in [2.75, 3.05) is 0 Å². The lowest BCUT2D eigenvalue weighted by Gasteiger charge is -2.13. The van der Waals surface area contributed by atoms with Crippen molar-refractivity contribution in [3.63, 3.8) is 0 Å². The van der Waals surface area contributed by atoms with E-state index in [2.05, 4.69) is 0 Å². The van der Waals surface area contributed by atoms with Gasteiger partial charge in [-0.15, -0.1) is 0 Å². The van der Waals surface area contributed by atoms with Crippen LogP contribution in [-0.2, 0) is 6.42 Å². The van der Waals surface area contributed by atoms with Crippen molar-refractivity contribution in [3.8, 4) is 0 Å². The fourth-order valence-electron chi connectivity index (χ4n) is 1.84. The summed E-state index contributed by atoms with van der Waals surface area (Å²) in [6, 6.07) is 6.60. The zero-order chi connectivity index (χ0) is 14.0. The summed E-state index contributed by atoms with van der Waals surface area (Å²) in [7, 11) is 0. The highest BCUT2D eigenvalue weighted by atomic mass is 35.5. The quantitative estimate of drug-likeness (QED) is 0.906. The lowest BCUT2D eigenvalue weighted by Crippen LogP contribution is -2.16. The maximum Gasteiger partial charge on any atom is 0.130 e. The van der Waals surface area contributed by atoms with E-state index in [0.717, 1.165) is 12.1 Å². The number of rotatable bonds is 3. The van der Waals surface area contributed by atoms with Crippen molar-refractivity contribution in [1.29, 1.82) is 0 Å². The molecule has 0 amide bonds. The summed E-state index contributed by atoms with van der Waals surface area (Å²) in [6.07, 6.45) is 0.103. The second-order valence-corrected chi connectivity index (χ2v) is 4.65. The first-order chi connectivity index (χ1) is 8.97. The first-order valence-corrected chi connectivity index (χ1v) is 5.99. The number of benzene rings is 2. The summed E-state index contributed by atoms with van der Waals surface area (Å²) < 4.78 is 39.9. The SMILES string of the molecule is NC(Cc1ccc(Cl)cc1F)c1ccc(F)cc1F. The third-order valence-corrected chi connectivity index (χ3v) is 3.05. The van der Waals surface area contributed by atoms with Gasteiger partial charge in [0.15, 0.2) is 0 Å². The monoisotopic (exact) mass is 285 g/mol. The number of hydrogen-bond donors (Lipinski definition) is 1. The van der Waals surface area contributed by atoms with Gasteiger partial charge in [0.05, 0.1) is 0 Å². The zero-order valence-electron chi connectivity index (χ0n) is 9.84. The van der Waals surface area contributed by atoms with Crippen molar-refractivity contribution in [2.45, 2.75) is 12.5 Å². The van der Waals surface area contributed by atoms with Gasteiger partial charge in [-0.2, -0.15) is 0 Å². The van der Waals surface area contributed by atoms with Gasteiger partial charge in [0, 0.05) is 22.7 Å². The van der Waals surface area contributed by atoms with Gasteiger partial charge in [0.1, 0.15) is 17.5 Å². The molecule has 0 fully saturated rings. The van der Waals surface area contributed by atoms with Crippen LogP contribution in [-0.4, -0.2) is 0 Å². The molecule has 0 aliphatic heterocycles. The topological polar surface area (TPSA) is 26.0 Å². The Morgan fingerprint density at radius 1 is 1.00 bits per heavy atom. The Balaban J connectivity index is 2.23. The van der Waals surface area contributed by atoms with Gasteiger partial charge in [-0.3, -0.25) is 0 Å². The molecule has 1 nitrogen and oxygen atoms in total. The Kier molecular flexibility index (Phi) is 4.12. The second-order valence-electron chi connectivity index (χ2n) is 4.21. The first-order valence-electron chi connectivity index (χ1n) is 5.62. The highest BCUT2D eigenvalue weighted by Crippen LogP contribution is 2.22. The molecule has 1 atom stereocenters. The molecule has 0 saturated heterocycles.